The summed E-state index contributed by atoms with van der Waals surface area (Å²) in [7, 11) is 0. The fourth-order valence-corrected chi connectivity index (χ4v) is 3.08. The van der Waals surface area contributed by atoms with Crippen LogP contribution in [0.5, 0.6) is 0 Å². The van der Waals surface area contributed by atoms with Gasteiger partial charge in [0.1, 0.15) is 0 Å². The lowest BCUT2D eigenvalue weighted by Gasteiger charge is -2.42. The molecule has 2 rings (SSSR count). The summed E-state index contributed by atoms with van der Waals surface area (Å²) in [6.45, 7) is 8.56. The second-order valence-electron chi connectivity index (χ2n) is 6.26. The molecule has 1 amide bonds. The van der Waals surface area contributed by atoms with Crippen LogP contribution >= 0.6 is 0 Å². The summed E-state index contributed by atoms with van der Waals surface area (Å²) in [5.74, 6) is 0.264. The van der Waals surface area contributed by atoms with Crippen LogP contribution in [-0.4, -0.2) is 48.2 Å². The molecule has 2 aliphatic heterocycles. The van der Waals surface area contributed by atoms with Gasteiger partial charge in [0.05, 0.1) is 17.7 Å². The Morgan fingerprint density at radius 2 is 2.11 bits per heavy atom. The molecule has 2 aliphatic rings. The van der Waals surface area contributed by atoms with Crippen LogP contribution in [0.3, 0.4) is 0 Å². The van der Waals surface area contributed by atoms with Gasteiger partial charge in [-0.05, 0) is 40.2 Å². The van der Waals surface area contributed by atoms with E-state index in [1.165, 1.54) is 12.8 Å². The molecule has 104 valence electrons. The third-order valence-electron chi connectivity index (χ3n) is 3.74. The molecule has 0 aromatic rings. The average Bonchev–Trinajstić information content (AvgIpc) is 2.53. The standard InChI is InChI=1S/C14H26N2O2/c1-11-9-16(10-14(2,3)18-11)13(17)12-7-5-4-6-8-15-12/h11-12,15H,4-10H2,1-3H3. The molecule has 18 heavy (non-hydrogen) atoms. The zero-order chi connectivity index (χ0) is 13.2. The second-order valence-corrected chi connectivity index (χ2v) is 6.26. The number of morpholine rings is 1. The lowest BCUT2D eigenvalue weighted by molar-refractivity contribution is -0.160. The summed E-state index contributed by atoms with van der Waals surface area (Å²) in [5, 5.41) is 3.39. The summed E-state index contributed by atoms with van der Waals surface area (Å²) in [6, 6.07) is 0.0219. The molecular weight excluding hydrogens is 228 g/mol. The van der Waals surface area contributed by atoms with Crippen LogP contribution in [0.25, 0.3) is 0 Å². The molecule has 2 fully saturated rings. The van der Waals surface area contributed by atoms with Gasteiger partial charge < -0.3 is 15.0 Å². The maximum Gasteiger partial charge on any atom is 0.239 e. The smallest absolute Gasteiger partial charge is 0.239 e. The van der Waals surface area contributed by atoms with E-state index in [1.807, 2.05) is 11.8 Å². The van der Waals surface area contributed by atoms with Crippen LogP contribution in [0.15, 0.2) is 0 Å². The number of nitrogens with zero attached hydrogens (tertiary/aromatic N) is 1. The van der Waals surface area contributed by atoms with E-state index in [0.29, 0.717) is 6.54 Å². The van der Waals surface area contributed by atoms with Crippen molar-refractivity contribution in [2.75, 3.05) is 19.6 Å². The van der Waals surface area contributed by atoms with E-state index >= 15 is 0 Å². The van der Waals surface area contributed by atoms with Crippen molar-refractivity contribution >= 4 is 5.91 Å². The molecular formula is C14H26N2O2. The van der Waals surface area contributed by atoms with Crippen molar-refractivity contribution in [3.05, 3.63) is 0 Å². The fourth-order valence-electron chi connectivity index (χ4n) is 3.08. The Morgan fingerprint density at radius 3 is 2.83 bits per heavy atom. The third kappa shape index (κ3) is 3.45. The summed E-state index contributed by atoms with van der Waals surface area (Å²) >= 11 is 0. The Balaban J connectivity index is 1.98. The van der Waals surface area contributed by atoms with E-state index in [-0.39, 0.29) is 23.7 Å². The number of nitrogens with one attached hydrogen (secondary N) is 1. The summed E-state index contributed by atoms with van der Waals surface area (Å²) < 4.78 is 5.85. The van der Waals surface area contributed by atoms with Crippen LogP contribution in [-0.2, 0) is 9.53 Å². The van der Waals surface area contributed by atoms with Gasteiger partial charge in [0.2, 0.25) is 5.91 Å². The van der Waals surface area contributed by atoms with Crippen molar-refractivity contribution in [3.63, 3.8) is 0 Å². The van der Waals surface area contributed by atoms with Crippen molar-refractivity contribution in [1.29, 1.82) is 0 Å². The predicted molar refractivity (Wildman–Crippen MR) is 71.5 cm³/mol. The molecule has 4 nitrogen and oxygen atoms in total. The van der Waals surface area contributed by atoms with Crippen molar-refractivity contribution in [3.8, 4) is 0 Å². The Labute approximate surface area is 110 Å². The first kappa shape index (κ1) is 13.8. The van der Waals surface area contributed by atoms with Crippen LogP contribution in [0.4, 0.5) is 0 Å². The number of carbonyl (C=O) groups is 1. The molecule has 0 saturated carbocycles. The molecule has 0 aromatic heterocycles. The highest BCUT2D eigenvalue weighted by molar-refractivity contribution is 5.82. The highest BCUT2D eigenvalue weighted by Gasteiger charge is 2.36. The fraction of sp³-hybridized carbons (Fsp3) is 0.929. The number of rotatable bonds is 1. The van der Waals surface area contributed by atoms with Gasteiger partial charge >= 0.3 is 0 Å². The maximum atomic E-state index is 12.5. The van der Waals surface area contributed by atoms with Gasteiger partial charge in [-0.2, -0.15) is 0 Å². The Morgan fingerprint density at radius 1 is 1.33 bits per heavy atom. The molecule has 0 aliphatic carbocycles. The molecule has 2 heterocycles. The van der Waals surface area contributed by atoms with E-state index in [0.717, 1.165) is 25.9 Å². The van der Waals surface area contributed by atoms with Gasteiger partial charge in [0.25, 0.3) is 0 Å². The van der Waals surface area contributed by atoms with Gasteiger partial charge in [-0.1, -0.05) is 12.8 Å². The minimum absolute atomic E-state index is 0.0219. The van der Waals surface area contributed by atoms with Crippen LogP contribution in [0.1, 0.15) is 46.5 Å². The summed E-state index contributed by atoms with van der Waals surface area (Å²) in [4.78, 5) is 14.5. The maximum absolute atomic E-state index is 12.5. The summed E-state index contributed by atoms with van der Waals surface area (Å²) in [6.07, 6.45) is 4.69. The molecule has 0 bridgehead atoms. The van der Waals surface area contributed by atoms with E-state index in [9.17, 15) is 4.79 Å². The first-order valence-corrected chi connectivity index (χ1v) is 7.18. The molecule has 0 aromatic carbocycles. The zero-order valence-corrected chi connectivity index (χ0v) is 11.9. The minimum atomic E-state index is -0.224. The molecule has 2 unspecified atom stereocenters. The molecule has 0 radical (unpaired) electrons. The quantitative estimate of drug-likeness (QED) is 0.772. The first-order chi connectivity index (χ1) is 8.48. The molecule has 1 N–H and O–H groups in total. The van der Waals surface area contributed by atoms with E-state index < -0.39 is 0 Å². The predicted octanol–water partition coefficient (Wildman–Crippen LogP) is 1.54. The first-order valence-electron chi connectivity index (χ1n) is 7.18. The lowest BCUT2D eigenvalue weighted by atomic mass is 10.0. The summed E-state index contributed by atoms with van der Waals surface area (Å²) in [5.41, 5.74) is -0.224. The average molecular weight is 254 g/mol. The van der Waals surface area contributed by atoms with Gasteiger partial charge in [-0.25, -0.2) is 0 Å². The van der Waals surface area contributed by atoms with E-state index in [2.05, 4.69) is 19.2 Å². The van der Waals surface area contributed by atoms with Crippen molar-refractivity contribution < 1.29 is 9.53 Å². The van der Waals surface area contributed by atoms with Gasteiger partial charge in [-0.3, -0.25) is 4.79 Å². The Hall–Kier alpha value is -0.610. The highest BCUT2D eigenvalue weighted by Crippen LogP contribution is 2.22. The zero-order valence-electron chi connectivity index (χ0n) is 11.9. The van der Waals surface area contributed by atoms with Gasteiger partial charge in [0.15, 0.2) is 0 Å². The van der Waals surface area contributed by atoms with Crippen LogP contribution < -0.4 is 5.32 Å². The Kier molecular flexibility index (Phi) is 4.28. The normalized spacial score (nSPS) is 32.9. The van der Waals surface area contributed by atoms with Crippen LogP contribution in [0, 0.1) is 0 Å². The molecule has 2 atom stereocenters. The highest BCUT2D eigenvalue weighted by atomic mass is 16.5. The third-order valence-corrected chi connectivity index (χ3v) is 3.74. The molecule has 4 heteroatoms. The number of hydrogen-bond donors (Lipinski definition) is 1. The number of carbonyl (C=O) groups excluding carboxylic acids is 1. The SMILES string of the molecule is CC1CN(C(=O)C2CCCCCN2)CC(C)(C)O1. The van der Waals surface area contributed by atoms with Crippen molar-refractivity contribution in [2.24, 2.45) is 0 Å². The topological polar surface area (TPSA) is 41.6 Å². The molecule has 0 spiro atoms. The second kappa shape index (κ2) is 5.57. The number of hydrogen-bond acceptors (Lipinski definition) is 3. The monoisotopic (exact) mass is 254 g/mol. The lowest BCUT2D eigenvalue weighted by Crippen LogP contribution is -2.57. The van der Waals surface area contributed by atoms with Crippen molar-refractivity contribution in [2.45, 2.75) is 64.2 Å². The largest absolute Gasteiger partial charge is 0.369 e. The van der Waals surface area contributed by atoms with Gasteiger partial charge in [0, 0.05) is 13.1 Å². The number of amides is 1. The Bertz CT molecular complexity index is 296. The van der Waals surface area contributed by atoms with Gasteiger partial charge in [-0.15, -0.1) is 0 Å². The van der Waals surface area contributed by atoms with E-state index in [1.54, 1.807) is 0 Å². The van der Waals surface area contributed by atoms with Crippen LogP contribution in [0.2, 0.25) is 0 Å². The van der Waals surface area contributed by atoms with E-state index in [4.69, 9.17) is 4.74 Å². The number of ether oxygens (including phenoxy) is 1. The molecule has 2 saturated heterocycles. The minimum Gasteiger partial charge on any atom is -0.369 e. The van der Waals surface area contributed by atoms with Crippen molar-refractivity contribution in [1.82, 2.24) is 10.2 Å².